The smallest absolute Gasteiger partial charge is 0.308 e. The Morgan fingerprint density at radius 3 is 2.00 bits per heavy atom. The lowest BCUT2D eigenvalue weighted by molar-refractivity contribution is -0.138. The molecule has 0 amide bonds. The van der Waals surface area contributed by atoms with Crippen molar-refractivity contribution in [2.24, 2.45) is 0 Å². The lowest BCUT2D eigenvalue weighted by Gasteiger charge is -2.09. The Balaban J connectivity index is 3.55. The number of hydrogen-bond donors (Lipinski definition) is 4. The van der Waals surface area contributed by atoms with Gasteiger partial charge < -0.3 is 10.2 Å². The Morgan fingerprint density at radius 2 is 2.00 bits per heavy atom. The molecular formula is C3H6O3S2. The first kappa shape index (κ1) is 8.13. The summed E-state index contributed by atoms with van der Waals surface area (Å²) in [6.45, 7) is 0. The fourth-order valence-corrected chi connectivity index (χ4v) is 0.473. The second-order valence-corrected chi connectivity index (χ2v) is 3.18. The second-order valence-electron chi connectivity index (χ2n) is 1.34. The van der Waals surface area contributed by atoms with Crippen molar-refractivity contribution >= 4 is 31.2 Å². The minimum absolute atomic E-state index is 0.473. The van der Waals surface area contributed by atoms with Gasteiger partial charge in [-0.15, -0.1) is 25.3 Å². The molecule has 0 aliphatic rings. The maximum atomic E-state index is 9.76. The number of carboxylic acid groups (broad SMARTS) is 1. The van der Waals surface area contributed by atoms with E-state index in [9.17, 15) is 4.79 Å². The SMILES string of the molecule is O=C(O)CC(O)(S)S. The van der Waals surface area contributed by atoms with Gasteiger partial charge in [-0.2, -0.15) is 0 Å². The molecule has 0 bridgehead atoms. The Labute approximate surface area is 57.5 Å². The average molecular weight is 154 g/mol. The zero-order chi connectivity index (χ0) is 6.78. The summed E-state index contributed by atoms with van der Waals surface area (Å²) in [5, 5.41) is 16.5. The van der Waals surface area contributed by atoms with Crippen LogP contribution in [0.2, 0.25) is 0 Å². The first-order valence-electron chi connectivity index (χ1n) is 1.81. The Morgan fingerprint density at radius 1 is 1.62 bits per heavy atom. The van der Waals surface area contributed by atoms with E-state index in [-0.39, 0.29) is 0 Å². The predicted molar refractivity (Wildman–Crippen MR) is 35.2 cm³/mol. The van der Waals surface area contributed by atoms with Crippen molar-refractivity contribution in [2.45, 2.75) is 10.7 Å². The zero-order valence-electron chi connectivity index (χ0n) is 3.90. The molecule has 2 N–H and O–H groups in total. The van der Waals surface area contributed by atoms with Crippen LogP contribution in [-0.2, 0) is 4.79 Å². The Hall–Kier alpha value is 0.130. The summed E-state index contributed by atoms with van der Waals surface area (Å²) < 4.78 is -1.69. The molecular weight excluding hydrogens is 148 g/mol. The average Bonchev–Trinajstić information content (AvgIpc) is 1.21. The van der Waals surface area contributed by atoms with Gasteiger partial charge in [-0.25, -0.2) is 0 Å². The van der Waals surface area contributed by atoms with Crippen molar-refractivity contribution < 1.29 is 15.0 Å². The predicted octanol–water partition coefficient (Wildman–Crippen LogP) is -0.0332. The quantitative estimate of drug-likeness (QED) is 0.333. The third-order valence-corrected chi connectivity index (χ3v) is 0.705. The monoisotopic (exact) mass is 154 g/mol. The topological polar surface area (TPSA) is 57.5 Å². The molecule has 0 atom stereocenters. The molecule has 0 aliphatic carbocycles. The van der Waals surface area contributed by atoms with Gasteiger partial charge in [-0.05, 0) is 0 Å². The molecule has 0 unspecified atom stereocenters. The van der Waals surface area contributed by atoms with Crippen LogP contribution in [0.15, 0.2) is 0 Å². The molecule has 0 saturated carbocycles. The molecule has 0 aromatic rings. The Kier molecular flexibility index (Phi) is 2.65. The van der Waals surface area contributed by atoms with Gasteiger partial charge in [0.15, 0.2) is 4.27 Å². The molecule has 5 heteroatoms. The maximum absolute atomic E-state index is 9.76. The summed E-state index contributed by atoms with van der Waals surface area (Å²) in [5.41, 5.74) is 0. The van der Waals surface area contributed by atoms with Crippen molar-refractivity contribution in [1.82, 2.24) is 0 Å². The van der Waals surface area contributed by atoms with Crippen molar-refractivity contribution in [3.8, 4) is 0 Å². The highest BCUT2D eigenvalue weighted by atomic mass is 32.2. The largest absolute Gasteiger partial charge is 0.481 e. The van der Waals surface area contributed by atoms with Gasteiger partial charge in [0.25, 0.3) is 0 Å². The van der Waals surface area contributed by atoms with Crippen LogP contribution in [-0.4, -0.2) is 20.4 Å². The third-order valence-electron chi connectivity index (χ3n) is 0.388. The molecule has 0 rings (SSSR count). The van der Waals surface area contributed by atoms with Crippen LogP contribution < -0.4 is 0 Å². The van der Waals surface area contributed by atoms with Crippen LogP contribution in [0, 0.1) is 0 Å². The van der Waals surface area contributed by atoms with E-state index in [2.05, 4.69) is 25.3 Å². The minimum atomic E-state index is -1.69. The van der Waals surface area contributed by atoms with Crippen LogP contribution in [0.25, 0.3) is 0 Å². The van der Waals surface area contributed by atoms with E-state index in [0.717, 1.165) is 0 Å². The number of carbonyl (C=O) groups is 1. The molecule has 0 spiro atoms. The minimum Gasteiger partial charge on any atom is -0.481 e. The lowest BCUT2D eigenvalue weighted by Crippen LogP contribution is -2.16. The van der Waals surface area contributed by atoms with Crippen LogP contribution in [0.3, 0.4) is 0 Å². The van der Waals surface area contributed by atoms with E-state index < -0.39 is 16.7 Å². The number of aliphatic carboxylic acids is 1. The molecule has 0 aliphatic heterocycles. The Bertz CT molecular complexity index is 95.2. The van der Waals surface area contributed by atoms with Crippen LogP contribution in [0.4, 0.5) is 0 Å². The van der Waals surface area contributed by atoms with E-state index in [1.165, 1.54) is 0 Å². The number of rotatable bonds is 2. The maximum Gasteiger partial charge on any atom is 0.308 e. The first-order valence-corrected chi connectivity index (χ1v) is 2.70. The molecule has 0 radical (unpaired) electrons. The van der Waals surface area contributed by atoms with E-state index >= 15 is 0 Å². The molecule has 48 valence electrons. The molecule has 0 heterocycles. The van der Waals surface area contributed by atoms with Crippen LogP contribution in [0.1, 0.15) is 6.42 Å². The van der Waals surface area contributed by atoms with Crippen molar-refractivity contribution in [1.29, 1.82) is 0 Å². The molecule has 0 aromatic carbocycles. The zero-order valence-corrected chi connectivity index (χ0v) is 5.69. The summed E-state index contributed by atoms with van der Waals surface area (Å²) >= 11 is 6.87. The molecule has 8 heavy (non-hydrogen) atoms. The van der Waals surface area contributed by atoms with Gasteiger partial charge in [-0.1, -0.05) is 0 Å². The highest BCUT2D eigenvalue weighted by molar-refractivity contribution is 8.00. The number of thiol groups is 2. The summed E-state index contributed by atoms with van der Waals surface area (Å²) in [6.07, 6.45) is -0.473. The van der Waals surface area contributed by atoms with Crippen LogP contribution in [0.5, 0.6) is 0 Å². The summed E-state index contributed by atoms with van der Waals surface area (Å²) in [5.74, 6) is -1.13. The summed E-state index contributed by atoms with van der Waals surface area (Å²) in [4.78, 5) is 9.76. The van der Waals surface area contributed by atoms with E-state index in [4.69, 9.17) is 10.2 Å². The summed E-state index contributed by atoms with van der Waals surface area (Å²) in [7, 11) is 0. The first-order chi connectivity index (χ1) is 3.42. The number of aliphatic hydroxyl groups is 1. The number of hydrogen-bond acceptors (Lipinski definition) is 4. The van der Waals surface area contributed by atoms with E-state index in [1.54, 1.807) is 0 Å². The van der Waals surface area contributed by atoms with Gasteiger partial charge in [0.05, 0.1) is 6.42 Å². The normalized spacial score (nSPS) is 11.4. The molecule has 0 fully saturated rings. The number of carboxylic acids is 1. The van der Waals surface area contributed by atoms with Crippen molar-refractivity contribution in [3.05, 3.63) is 0 Å². The summed E-state index contributed by atoms with van der Waals surface area (Å²) in [6, 6.07) is 0. The van der Waals surface area contributed by atoms with Crippen LogP contribution >= 0.6 is 25.3 Å². The second kappa shape index (κ2) is 2.61. The fraction of sp³-hybridized carbons (Fsp3) is 0.667. The third kappa shape index (κ3) is 6.13. The fourth-order valence-electron chi connectivity index (χ4n) is 0.203. The van der Waals surface area contributed by atoms with Gasteiger partial charge in [0, 0.05) is 0 Å². The van der Waals surface area contributed by atoms with Crippen molar-refractivity contribution in [2.75, 3.05) is 0 Å². The standard InChI is InChI=1S/C3H6O3S2/c4-2(5)1-3(6,7)8/h6-8H,1H2,(H,4,5). The lowest BCUT2D eigenvalue weighted by atomic mass is 10.5. The van der Waals surface area contributed by atoms with Gasteiger partial charge in [-0.3, -0.25) is 4.79 Å². The van der Waals surface area contributed by atoms with E-state index in [0.29, 0.717) is 0 Å². The van der Waals surface area contributed by atoms with Gasteiger partial charge >= 0.3 is 5.97 Å². The molecule has 0 aromatic heterocycles. The highest BCUT2D eigenvalue weighted by Crippen LogP contribution is 2.18. The highest BCUT2D eigenvalue weighted by Gasteiger charge is 2.18. The molecule has 0 saturated heterocycles. The van der Waals surface area contributed by atoms with Crippen molar-refractivity contribution in [3.63, 3.8) is 0 Å². The van der Waals surface area contributed by atoms with E-state index in [1.807, 2.05) is 0 Å². The van der Waals surface area contributed by atoms with Gasteiger partial charge in [0.1, 0.15) is 0 Å². The van der Waals surface area contributed by atoms with Gasteiger partial charge in [0.2, 0.25) is 0 Å². The molecule has 3 nitrogen and oxygen atoms in total.